The molecule has 0 aliphatic carbocycles. The number of nitrogens with zero attached hydrogens (tertiary/aromatic N) is 3. The fourth-order valence-corrected chi connectivity index (χ4v) is 9.58. The van der Waals surface area contributed by atoms with E-state index in [0.717, 1.165) is 71.6 Å². The lowest BCUT2D eigenvalue weighted by Gasteiger charge is -2.13. The van der Waals surface area contributed by atoms with E-state index in [2.05, 4.69) is 168 Å². The maximum atomic E-state index is 6.88. The topological polar surface area (TPSA) is 43.9 Å². The highest BCUT2D eigenvalue weighted by Crippen LogP contribution is 2.45. The van der Waals surface area contributed by atoms with E-state index in [9.17, 15) is 0 Å². The summed E-state index contributed by atoms with van der Waals surface area (Å²) in [4.78, 5) is 10.9. The lowest BCUT2D eigenvalue weighted by Crippen LogP contribution is -2.03. The predicted octanol–water partition coefficient (Wildman–Crippen LogP) is 13.5. The van der Waals surface area contributed by atoms with Crippen molar-refractivity contribution in [2.75, 3.05) is 0 Å². The molecule has 53 heavy (non-hydrogen) atoms. The van der Waals surface area contributed by atoms with Gasteiger partial charge in [0.2, 0.25) is 5.95 Å². The summed E-state index contributed by atoms with van der Waals surface area (Å²) in [6.07, 6.45) is 0. The molecular weight excluding hydrogens is 667 g/mol. The van der Waals surface area contributed by atoms with Gasteiger partial charge in [-0.15, -0.1) is 11.3 Å². The first-order valence-electron chi connectivity index (χ1n) is 17.8. The van der Waals surface area contributed by atoms with Gasteiger partial charge in [-0.05, 0) is 64.4 Å². The quantitative estimate of drug-likeness (QED) is 0.185. The molecule has 0 amide bonds. The summed E-state index contributed by atoms with van der Waals surface area (Å²) in [5, 5.41) is 10.3. The fourth-order valence-electron chi connectivity index (χ4n) is 8.34. The summed E-state index contributed by atoms with van der Waals surface area (Å²) in [7, 11) is 0. The van der Waals surface area contributed by atoms with Crippen molar-refractivity contribution < 1.29 is 4.42 Å². The number of furan rings is 1. The molecule has 0 N–H and O–H groups in total. The first kappa shape index (κ1) is 28.8. The summed E-state index contributed by atoms with van der Waals surface area (Å²) in [6.45, 7) is 0. The minimum absolute atomic E-state index is 0.634. The number of thiophene rings is 1. The number of fused-ring (bicyclic) bond motifs is 12. The molecule has 0 aliphatic heterocycles. The Labute approximate surface area is 306 Å². The van der Waals surface area contributed by atoms with Crippen molar-refractivity contribution in [1.82, 2.24) is 14.5 Å². The Bertz CT molecular complexity index is 3460. The van der Waals surface area contributed by atoms with Crippen LogP contribution in [0.2, 0.25) is 0 Å². The molecule has 4 aromatic heterocycles. The third-order valence-electron chi connectivity index (χ3n) is 10.8. The van der Waals surface area contributed by atoms with Crippen LogP contribution in [0.4, 0.5) is 0 Å². The number of benzene rings is 8. The lowest BCUT2D eigenvalue weighted by molar-refractivity contribution is 0.670. The van der Waals surface area contributed by atoms with Crippen LogP contribution in [0.1, 0.15) is 0 Å². The molecule has 4 heterocycles. The molecule has 8 aromatic carbocycles. The summed E-state index contributed by atoms with van der Waals surface area (Å²) in [5.41, 5.74) is 8.79. The van der Waals surface area contributed by atoms with Crippen LogP contribution in [0, 0.1) is 0 Å². The van der Waals surface area contributed by atoms with E-state index < -0.39 is 0 Å². The van der Waals surface area contributed by atoms with Gasteiger partial charge in [0, 0.05) is 48.0 Å². The maximum Gasteiger partial charge on any atom is 0.235 e. The third kappa shape index (κ3) is 4.17. The van der Waals surface area contributed by atoms with E-state index in [1.54, 1.807) is 0 Å². The largest absolute Gasteiger partial charge is 0.455 e. The Morgan fingerprint density at radius 1 is 0.491 bits per heavy atom. The van der Waals surface area contributed by atoms with Crippen LogP contribution >= 0.6 is 11.3 Å². The van der Waals surface area contributed by atoms with E-state index in [1.807, 2.05) is 11.3 Å². The Morgan fingerprint density at radius 2 is 1.21 bits per heavy atom. The molecule has 12 rings (SSSR count). The zero-order valence-corrected chi connectivity index (χ0v) is 29.1. The van der Waals surface area contributed by atoms with Crippen molar-refractivity contribution in [3.63, 3.8) is 0 Å². The first-order valence-corrected chi connectivity index (χ1v) is 18.6. The monoisotopic (exact) mass is 693 g/mol. The van der Waals surface area contributed by atoms with Gasteiger partial charge in [0.1, 0.15) is 11.2 Å². The van der Waals surface area contributed by atoms with Gasteiger partial charge >= 0.3 is 0 Å². The van der Waals surface area contributed by atoms with E-state index in [0.29, 0.717) is 5.95 Å². The second-order valence-electron chi connectivity index (χ2n) is 13.7. The van der Waals surface area contributed by atoms with Gasteiger partial charge in [-0.3, -0.25) is 4.57 Å². The van der Waals surface area contributed by atoms with Gasteiger partial charge in [-0.25, -0.2) is 9.97 Å². The molecule has 0 aliphatic rings. The van der Waals surface area contributed by atoms with E-state index in [-0.39, 0.29) is 0 Å². The minimum atomic E-state index is 0.634. The molecule has 5 heteroatoms. The highest BCUT2D eigenvalue weighted by molar-refractivity contribution is 7.26. The molecule has 12 aromatic rings. The fraction of sp³-hybridized carbons (Fsp3) is 0. The van der Waals surface area contributed by atoms with Gasteiger partial charge in [-0.2, -0.15) is 0 Å². The number of para-hydroxylation sites is 2. The van der Waals surface area contributed by atoms with Crippen molar-refractivity contribution in [3.05, 3.63) is 164 Å². The summed E-state index contributed by atoms with van der Waals surface area (Å²) < 4.78 is 11.7. The second kappa shape index (κ2) is 10.8. The van der Waals surface area contributed by atoms with E-state index >= 15 is 0 Å². The molecular formula is C48H27N3OS. The standard InChI is InChI=1S/C48H27N3OS/c1-2-12-28(13-3-1)31-25-38-37-24-29-14-4-5-15-30(29)27-42(37)52-46(38)39(26-31)44-36-18-6-9-19-40(36)49-48(50-44)51-41-20-10-7-16-32(41)34-22-23-35-33-17-8-11-21-43(33)53-47(35)45(34)51/h1-27H. The van der Waals surface area contributed by atoms with Gasteiger partial charge in [0.15, 0.2) is 0 Å². The van der Waals surface area contributed by atoms with Crippen molar-refractivity contribution in [2.45, 2.75) is 0 Å². The molecule has 0 saturated carbocycles. The smallest absolute Gasteiger partial charge is 0.235 e. The first-order chi connectivity index (χ1) is 26.3. The van der Waals surface area contributed by atoms with Gasteiger partial charge in [0.05, 0.1) is 26.9 Å². The second-order valence-corrected chi connectivity index (χ2v) is 14.8. The van der Waals surface area contributed by atoms with E-state index in [1.165, 1.54) is 36.3 Å². The molecule has 0 radical (unpaired) electrons. The summed E-state index contributed by atoms with van der Waals surface area (Å²) in [6, 6.07) is 58.2. The number of aromatic nitrogens is 3. The van der Waals surface area contributed by atoms with Crippen molar-refractivity contribution in [3.8, 4) is 28.3 Å². The Kier molecular flexibility index (Phi) is 5.90. The summed E-state index contributed by atoms with van der Waals surface area (Å²) >= 11 is 1.83. The number of hydrogen-bond donors (Lipinski definition) is 0. The highest BCUT2D eigenvalue weighted by atomic mass is 32.1. The van der Waals surface area contributed by atoms with Crippen LogP contribution in [0.15, 0.2) is 168 Å². The van der Waals surface area contributed by atoms with Crippen molar-refractivity contribution >= 4 is 96.9 Å². The molecule has 0 spiro atoms. The van der Waals surface area contributed by atoms with Crippen LogP contribution in [-0.2, 0) is 0 Å². The normalized spacial score (nSPS) is 12.2. The Hall–Kier alpha value is -6.82. The molecule has 0 fully saturated rings. The average molecular weight is 694 g/mol. The van der Waals surface area contributed by atoms with E-state index in [4.69, 9.17) is 14.4 Å². The number of hydrogen-bond acceptors (Lipinski definition) is 4. The van der Waals surface area contributed by atoms with Gasteiger partial charge in [-0.1, -0.05) is 121 Å². The number of rotatable bonds is 3. The Balaban J connectivity index is 1.22. The zero-order valence-electron chi connectivity index (χ0n) is 28.2. The lowest BCUT2D eigenvalue weighted by atomic mass is 9.96. The SMILES string of the molecule is c1ccc(-c2cc(-c3nc(-n4c5ccccc5c5ccc6c7ccccc7sc6c54)nc4ccccc34)c3oc4cc5ccccc5cc4c3c2)cc1. The maximum absolute atomic E-state index is 6.88. The van der Waals surface area contributed by atoms with Crippen LogP contribution in [0.5, 0.6) is 0 Å². The van der Waals surface area contributed by atoms with Crippen molar-refractivity contribution in [1.29, 1.82) is 0 Å². The molecule has 246 valence electrons. The molecule has 0 bridgehead atoms. The molecule has 0 saturated heterocycles. The van der Waals surface area contributed by atoms with Crippen LogP contribution in [-0.4, -0.2) is 14.5 Å². The molecule has 0 atom stereocenters. The average Bonchev–Trinajstić information content (AvgIpc) is 3.89. The molecule has 0 unspecified atom stereocenters. The van der Waals surface area contributed by atoms with Crippen molar-refractivity contribution in [2.24, 2.45) is 0 Å². The minimum Gasteiger partial charge on any atom is -0.455 e. The van der Waals surface area contributed by atoms with Crippen LogP contribution in [0.25, 0.3) is 114 Å². The zero-order chi connectivity index (χ0) is 34.6. The predicted molar refractivity (Wildman–Crippen MR) is 222 cm³/mol. The van der Waals surface area contributed by atoms with Gasteiger partial charge in [0.25, 0.3) is 0 Å². The van der Waals surface area contributed by atoms with Crippen LogP contribution < -0.4 is 0 Å². The highest BCUT2D eigenvalue weighted by Gasteiger charge is 2.23. The molecule has 4 nitrogen and oxygen atoms in total. The van der Waals surface area contributed by atoms with Gasteiger partial charge < -0.3 is 4.42 Å². The summed E-state index contributed by atoms with van der Waals surface area (Å²) in [5.74, 6) is 0.634. The van der Waals surface area contributed by atoms with Crippen LogP contribution in [0.3, 0.4) is 0 Å². The Morgan fingerprint density at radius 3 is 2.09 bits per heavy atom. The third-order valence-corrected chi connectivity index (χ3v) is 12.0.